The van der Waals surface area contributed by atoms with E-state index in [-0.39, 0.29) is 11.3 Å². The number of benzene rings is 1. The molecule has 0 unspecified atom stereocenters. The lowest BCUT2D eigenvalue weighted by Crippen LogP contribution is -2.44. The van der Waals surface area contributed by atoms with Crippen molar-refractivity contribution in [2.75, 3.05) is 13.1 Å². The molecule has 2 heterocycles. The molecule has 1 aliphatic rings. The van der Waals surface area contributed by atoms with Crippen molar-refractivity contribution in [1.29, 1.82) is 0 Å². The summed E-state index contributed by atoms with van der Waals surface area (Å²) in [5.41, 5.74) is 1.93. The van der Waals surface area contributed by atoms with Gasteiger partial charge in [0.05, 0.1) is 0 Å². The number of piperidine rings is 1. The van der Waals surface area contributed by atoms with Gasteiger partial charge in [0.25, 0.3) is 5.91 Å². The van der Waals surface area contributed by atoms with E-state index in [0.717, 1.165) is 31.6 Å². The van der Waals surface area contributed by atoms with Crippen LogP contribution in [0.5, 0.6) is 0 Å². The summed E-state index contributed by atoms with van der Waals surface area (Å²) in [4.78, 5) is 14.4. The highest BCUT2D eigenvalue weighted by molar-refractivity contribution is 6.30. The van der Waals surface area contributed by atoms with E-state index in [4.69, 9.17) is 11.6 Å². The van der Waals surface area contributed by atoms with E-state index >= 15 is 0 Å². The third-order valence-corrected chi connectivity index (χ3v) is 4.65. The number of amides is 1. The van der Waals surface area contributed by atoms with Crippen LogP contribution in [-0.2, 0) is 5.41 Å². The highest BCUT2D eigenvalue weighted by atomic mass is 35.5. The topological polar surface area (TPSA) is 49.0 Å². The molecular weight excluding hydrogens is 286 g/mol. The number of halogens is 1. The standard InChI is InChI=1S/C16H18ClN3O/c1-16(14-6-9-18-19-14)7-10-20(11-8-16)15(21)12-2-4-13(17)5-3-12/h2-6,9H,7-8,10-11H2,1H3,(H,18,19). The van der Waals surface area contributed by atoms with Crippen LogP contribution in [0.4, 0.5) is 0 Å². The summed E-state index contributed by atoms with van der Waals surface area (Å²) in [6.07, 6.45) is 3.66. The van der Waals surface area contributed by atoms with Crippen LogP contribution in [0, 0.1) is 0 Å². The Kier molecular flexibility index (Phi) is 3.72. The van der Waals surface area contributed by atoms with Crippen LogP contribution in [-0.4, -0.2) is 34.1 Å². The molecule has 1 aliphatic heterocycles. The number of nitrogens with one attached hydrogen (secondary N) is 1. The van der Waals surface area contributed by atoms with Gasteiger partial charge < -0.3 is 4.90 Å². The van der Waals surface area contributed by atoms with Crippen LogP contribution >= 0.6 is 11.6 Å². The van der Waals surface area contributed by atoms with E-state index < -0.39 is 0 Å². The predicted molar refractivity (Wildman–Crippen MR) is 82.5 cm³/mol. The Morgan fingerprint density at radius 3 is 2.48 bits per heavy atom. The summed E-state index contributed by atoms with van der Waals surface area (Å²) in [7, 11) is 0. The van der Waals surface area contributed by atoms with E-state index in [1.807, 2.05) is 11.0 Å². The van der Waals surface area contributed by atoms with E-state index in [9.17, 15) is 4.79 Å². The monoisotopic (exact) mass is 303 g/mol. The Morgan fingerprint density at radius 2 is 1.90 bits per heavy atom. The molecule has 1 aromatic carbocycles. The molecule has 0 saturated carbocycles. The number of hydrogen-bond acceptors (Lipinski definition) is 2. The minimum atomic E-state index is 0.0767. The van der Waals surface area contributed by atoms with Gasteiger partial charge in [0.2, 0.25) is 0 Å². The number of rotatable bonds is 2. The number of likely N-dealkylation sites (tertiary alicyclic amines) is 1. The quantitative estimate of drug-likeness (QED) is 0.926. The van der Waals surface area contributed by atoms with Crippen molar-refractivity contribution >= 4 is 17.5 Å². The van der Waals surface area contributed by atoms with Crippen LogP contribution in [0.15, 0.2) is 36.5 Å². The predicted octanol–water partition coefficient (Wildman–Crippen LogP) is 3.26. The maximum absolute atomic E-state index is 12.5. The van der Waals surface area contributed by atoms with Crippen molar-refractivity contribution in [3.8, 4) is 0 Å². The van der Waals surface area contributed by atoms with Crippen molar-refractivity contribution < 1.29 is 4.79 Å². The van der Waals surface area contributed by atoms with Gasteiger partial charge in [-0.3, -0.25) is 9.89 Å². The van der Waals surface area contributed by atoms with Crippen LogP contribution in [0.3, 0.4) is 0 Å². The Hall–Kier alpha value is -1.81. The first-order valence-corrected chi connectivity index (χ1v) is 7.51. The van der Waals surface area contributed by atoms with Gasteiger partial charge in [-0.15, -0.1) is 0 Å². The van der Waals surface area contributed by atoms with Crippen molar-refractivity contribution in [3.63, 3.8) is 0 Å². The molecule has 1 amide bonds. The zero-order chi connectivity index (χ0) is 14.9. The Labute approximate surface area is 129 Å². The second-order valence-corrected chi connectivity index (χ2v) is 6.27. The van der Waals surface area contributed by atoms with Gasteiger partial charge in [-0.1, -0.05) is 18.5 Å². The second-order valence-electron chi connectivity index (χ2n) is 5.83. The molecule has 0 spiro atoms. The lowest BCUT2D eigenvalue weighted by molar-refractivity contribution is 0.0674. The minimum absolute atomic E-state index is 0.0767. The summed E-state index contributed by atoms with van der Waals surface area (Å²) in [6, 6.07) is 9.11. The number of H-pyrrole nitrogens is 1. The zero-order valence-corrected chi connectivity index (χ0v) is 12.7. The van der Waals surface area contributed by atoms with Crippen molar-refractivity contribution in [2.24, 2.45) is 0 Å². The SMILES string of the molecule is CC1(c2ccn[nH]2)CCN(C(=O)c2ccc(Cl)cc2)CC1. The van der Waals surface area contributed by atoms with Crippen molar-refractivity contribution in [1.82, 2.24) is 15.1 Å². The Balaban J connectivity index is 1.68. The molecule has 3 rings (SSSR count). The van der Waals surface area contributed by atoms with Crippen LogP contribution in [0.25, 0.3) is 0 Å². The van der Waals surface area contributed by atoms with Crippen LogP contribution < -0.4 is 0 Å². The molecule has 1 saturated heterocycles. The molecule has 4 nitrogen and oxygen atoms in total. The molecule has 2 aromatic rings. The Morgan fingerprint density at radius 1 is 1.24 bits per heavy atom. The highest BCUT2D eigenvalue weighted by Gasteiger charge is 2.34. The summed E-state index contributed by atoms with van der Waals surface area (Å²) >= 11 is 5.86. The molecule has 110 valence electrons. The maximum Gasteiger partial charge on any atom is 0.253 e. The number of nitrogens with zero attached hydrogens (tertiary/aromatic N) is 2. The van der Waals surface area contributed by atoms with Gasteiger partial charge in [-0.2, -0.15) is 5.10 Å². The number of aromatic amines is 1. The first-order chi connectivity index (χ1) is 10.1. The lowest BCUT2D eigenvalue weighted by Gasteiger charge is -2.38. The van der Waals surface area contributed by atoms with Gasteiger partial charge in [-0.05, 0) is 43.2 Å². The van der Waals surface area contributed by atoms with E-state index in [2.05, 4.69) is 17.1 Å². The normalized spacial score (nSPS) is 17.7. The summed E-state index contributed by atoms with van der Waals surface area (Å²) < 4.78 is 0. The number of aromatic nitrogens is 2. The lowest BCUT2D eigenvalue weighted by atomic mass is 9.77. The average Bonchev–Trinajstić information content (AvgIpc) is 3.03. The van der Waals surface area contributed by atoms with Crippen molar-refractivity contribution in [3.05, 3.63) is 52.8 Å². The average molecular weight is 304 g/mol. The van der Waals surface area contributed by atoms with E-state index in [1.165, 1.54) is 0 Å². The molecule has 0 atom stereocenters. The summed E-state index contributed by atoms with van der Waals surface area (Å²) in [5, 5.41) is 7.75. The van der Waals surface area contributed by atoms with Crippen LogP contribution in [0.2, 0.25) is 5.02 Å². The van der Waals surface area contributed by atoms with Gasteiger partial charge in [0, 0.05) is 41.0 Å². The summed E-state index contributed by atoms with van der Waals surface area (Å²) in [5.74, 6) is 0.0818. The van der Waals surface area contributed by atoms with Gasteiger partial charge >= 0.3 is 0 Å². The molecule has 1 N–H and O–H groups in total. The molecular formula is C16H18ClN3O. The van der Waals surface area contributed by atoms with Gasteiger partial charge in [0.1, 0.15) is 0 Å². The number of carbonyl (C=O) groups is 1. The number of hydrogen-bond donors (Lipinski definition) is 1. The van der Waals surface area contributed by atoms with Gasteiger partial charge in [0.15, 0.2) is 0 Å². The first kappa shape index (κ1) is 14.1. The van der Waals surface area contributed by atoms with Gasteiger partial charge in [-0.25, -0.2) is 0 Å². The first-order valence-electron chi connectivity index (χ1n) is 7.13. The molecule has 0 radical (unpaired) electrons. The third kappa shape index (κ3) is 2.81. The van der Waals surface area contributed by atoms with E-state index in [1.54, 1.807) is 30.5 Å². The molecule has 0 aliphatic carbocycles. The van der Waals surface area contributed by atoms with E-state index in [0.29, 0.717) is 10.6 Å². The number of carbonyl (C=O) groups excluding carboxylic acids is 1. The fourth-order valence-corrected chi connectivity index (χ4v) is 2.97. The highest BCUT2D eigenvalue weighted by Crippen LogP contribution is 2.34. The molecule has 21 heavy (non-hydrogen) atoms. The maximum atomic E-state index is 12.5. The smallest absolute Gasteiger partial charge is 0.253 e. The second kappa shape index (κ2) is 5.53. The summed E-state index contributed by atoms with van der Waals surface area (Å²) in [6.45, 7) is 3.75. The zero-order valence-electron chi connectivity index (χ0n) is 12.0. The Bertz CT molecular complexity index is 613. The molecule has 1 aromatic heterocycles. The fraction of sp³-hybridized carbons (Fsp3) is 0.375. The molecule has 0 bridgehead atoms. The fourth-order valence-electron chi connectivity index (χ4n) is 2.84. The molecule has 5 heteroatoms. The van der Waals surface area contributed by atoms with Crippen LogP contribution in [0.1, 0.15) is 35.8 Å². The molecule has 1 fully saturated rings. The minimum Gasteiger partial charge on any atom is -0.339 e. The van der Waals surface area contributed by atoms with Crippen molar-refractivity contribution in [2.45, 2.75) is 25.2 Å². The third-order valence-electron chi connectivity index (χ3n) is 4.40. The largest absolute Gasteiger partial charge is 0.339 e.